The number of hydrogen-bond donors (Lipinski definition) is 1. The SMILES string of the molecule is COC(=O)CC(NC(=O)Cc1ccc(N2CCCC2=O)cc1)c1ccc(C)cc1. The van der Waals surface area contributed by atoms with Crippen molar-refractivity contribution in [3.8, 4) is 0 Å². The van der Waals surface area contributed by atoms with Crippen molar-refractivity contribution in [2.24, 2.45) is 0 Å². The quantitative estimate of drug-likeness (QED) is 0.733. The van der Waals surface area contributed by atoms with E-state index >= 15 is 0 Å². The topological polar surface area (TPSA) is 75.7 Å². The van der Waals surface area contributed by atoms with Crippen LogP contribution in [0.5, 0.6) is 0 Å². The molecule has 29 heavy (non-hydrogen) atoms. The maximum Gasteiger partial charge on any atom is 0.307 e. The van der Waals surface area contributed by atoms with Gasteiger partial charge in [0.25, 0.3) is 0 Å². The van der Waals surface area contributed by atoms with E-state index in [-0.39, 0.29) is 30.6 Å². The third-order valence-corrected chi connectivity index (χ3v) is 5.10. The molecule has 2 aromatic rings. The van der Waals surface area contributed by atoms with E-state index in [1.165, 1.54) is 7.11 Å². The number of nitrogens with zero attached hydrogens (tertiary/aromatic N) is 1. The summed E-state index contributed by atoms with van der Waals surface area (Å²) in [4.78, 5) is 38.0. The van der Waals surface area contributed by atoms with E-state index in [0.717, 1.165) is 35.3 Å². The number of anilines is 1. The van der Waals surface area contributed by atoms with Crippen LogP contribution in [-0.4, -0.2) is 31.4 Å². The lowest BCUT2D eigenvalue weighted by molar-refractivity contribution is -0.141. The van der Waals surface area contributed by atoms with Crippen LogP contribution in [0.25, 0.3) is 0 Å². The number of amides is 2. The van der Waals surface area contributed by atoms with Crippen LogP contribution in [0.15, 0.2) is 48.5 Å². The summed E-state index contributed by atoms with van der Waals surface area (Å²) in [5.41, 5.74) is 3.67. The van der Waals surface area contributed by atoms with Crippen molar-refractivity contribution in [3.63, 3.8) is 0 Å². The molecule has 0 bridgehead atoms. The molecule has 0 saturated carbocycles. The van der Waals surface area contributed by atoms with Crippen molar-refractivity contribution in [1.29, 1.82) is 0 Å². The Hall–Kier alpha value is -3.15. The number of aryl methyl sites for hydroxylation is 1. The zero-order chi connectivity index (χ0) is 20.8. The van der Waals surface area contributed by atoms with Crippen LogP contribution >= 0.6 is 0 Å². The second kappa shape index (κ2) is 9.37. The summed E-state index contributed by atoms with van der Waals surface area (Å²) in [5.74, 6) is -0.417. The monoisotopic (exact) mass is 394 g/mol. The number of carbonyl (C=O) groups excluding carboxylic acids is 3. The maximum absolute atomic E-state index is 12.6. The molecule has 3 rings (SSSR count). The summed E-state index contributed by atoms with van der Waals surface area (Å²) >= 11 is 0. The molecule has 152 valence electrons. The fourth-order valence-electron chi connectivity index (χ4n) is 3.45. The first-order chi connectivity index (χ1) is 14.0. The van der Waals surface area contributed by atoms with Crippen molar-refractivity contribution in [2.45, 2.75) is 38.6 Å². The van der Waals surface area contributed by atoms with Crippen LogP contribution in [0.1, 0.15) is 42.0 Å². The highest BCUT2D eigenvalue weighted by molar-refractivity contribution is 5.95. The summed E-state index contributed by atoms with van der Waals surface area (Å²) in [7, 11) is 1.34. The normalized spacial score (nSPS) is 14.6. The second-order valence-electron chi connectivity index (χ2n) is 7.30. The Balaban J connectivity index is 1.65. The number of hydrogen-bond acceptors (Lipinski definition) is 4. The van der Waals surface area contributed by atoms with Crippen molar-refractivity contribution < 1.29 is 19.1 Å². The van der Waals surface area contributed by atoms with Gasteiger partial charge in [-0.3, -0.25) is 14.4 Å². The number of carbonyl (C=O) groups is 3. The van der Waals surface area contributed by atoms with E-state index in [9.17, 15) is 14.4 Å². The van der Waals surface area contributed by atoms with E-state index in [1.54, 1.807) is 4.90 Å². The summed E-state index contributed by atoms with van der Waals surface area (Å²) in [5, 5.41) is 2.94. The molecule has 2 amide bonds. The van der Waals surface area contributed by atoms with Gasteiger partial charge in [0.1, 0.15) is 0 Å². The molecule has 1 unspecified atom stereocenters. The van der Waals surface area contributed by atoms with Gasteiger partial charge in [0, 0.05) is 18.7 Å². The average molecular weight is 394 g/mol. The van der Waals surface area contributed by atoms with Crippen LogP contribution < -0.4 is 10.2 Å². The number of ether oxygens (including phenoxy) is 1. The molecule has 6 heteroatoms. The van der Waals surface area contributed by atoms with Crippen LogP contribution in [0.3, 0.4) is 0 Å². The predicted molar refractivity (Wildman–Crippen MR) is 110 cm³/mol. The first-order valence-corrected chi connectivity index (χ1v) is 9.78. The zero-order valence-corrected chi connectivity index (χ0v) is 16.8. The van der Waals surface area contributed by atoms with Gasteiger partial charge in [-0.05, 0) is 36.6 Å². The molecule has 1 saturated heterocycles. The minimum absolute atomic E-state index is 0.0707. The number of benzene rings is 2. The first kappa shape index (κ1) is 20.6. The van der Waals surface area contributed by atoms with Crippen LogP contribution in [0, 0.1) is 6.92 Å². The molecule has 2 aromatic carbocycles. The average Bonchev–Trinajstić information content (AvgIpc) is 3.14. The van der Waals surface area contributed by atoms with E-state index in [0.29, 0.717) is 6.42 Å². The van der Waals surface area contributed by atoms with E-state index in [4.69, 9.17) is 4.74 Å². The molecular weight excluding hydrogens is 368 g/mol. The highest BCUT2D eigenvalue weighted by Crippen LogP contribution is 2.22. The largest absolute Gasteiger partial charge is 0.469 e. The van der Waals surface area contributed by atoms with Gasteiger partial charge in [-0.25, -0.2) is 0 Å². The van der Waals surface area contributed by atoms with Gasteiger partial charge >= 0.3 is 5.97 Å². The lowest BCUT2D eigenvalue weighted by Gasteiger charge is -2.19. The molecule has 0 spiro atoms. The third-order valence-electron chi connectivity index (χ3n) is 5.10. The van der Waals surface area contributed by atoms with Crippen molar-refractivity contribution in [1.82, 2.24) is 5.32 Å². The molecule has 0 radical (unpaired) electrons. The number of nitrogens with one attached hydrogen (secondary N) is 1. The van der Waals surface area contributed by atoms with Gasteiger partial charge in [-0.15, -0.1) is 0 Å². The first-order valence-electron chi connectivity index (χ1n) is 9.78. The zero-order valence-electron chi connectivity index (χ0n) is 16.8. The Morgan fingerprint density at radius 2 is 1.79 bits per heavy atom. The second-order valence-corrected chi connectivity index (χ2v) is 7.30. The van der Waals surface area contributed by atoms with Crippen LogP contribution in [0.4, 0.5) is 5.69 Å². The fourth-order valence-corrected chi connectivity index (χ4v) is 3.45. The molecule has 1 fully saturated rings. The van der Waals surface area contributed by atoms with Crippen molar-refractivity contribution in [2.75, 3.05) is 18.6 Å². The van der Waals surface area contributed by atoms with E-state index < -0.39 is 6.04 Å². The number of rotatable bonds is 7. The standard InChI is InChI=1S/C23H26N2O4/c1-16-5-9-18(10-6-16)20(15-23(28)29-2)24-21(26)14-17-7-11-19(12-8-17)25-13-3-4-22(25)27/h5-12,20H,3-4,13-15H2,1-2H3,(H,24,26). The Kier molecular flexibility index (Phi) is 6.65. The summed E-state index contributed by atoms with van der Waals surface area (Å²) in [6.45, 7) is 2.72. The van der Waals surface area contributed by atoms with Crippen LogP contribution in [0.2, 0.25) is 0 Å². The van der Waals surface area contributed by atoms with Crippen LogP contribution in [-0.2, 0) is 25.5 Å². The van der Waals surface area contributed by atoms with Gasteiger partial charge in [0.05, 0.1) is 26.0 Å². The Morgan fingerprint density at radius 1 is 1.10 bits per heavy atom. The van der Waals surface area contributed by atoms with Gasteiger partial charge in [-0.2, -0.15) is 0 Å². The highest BCUT2D eigenvalue weighted by atomic mass is 16.5. The van der Waals surface area contributed by atoms with Crippen molar-refractivity contribution >= 4 is 23.5 Å². The minimum Gasteiger partial charge on any atom is -0.469 e. The van der Waals surface area contributed by atoms with Gasteiger partial charge in [-0.1, -0.05) is 42.0 Å². The molecule has 1 aliphatic rings. The van der Waals surface area contributed by atoms with Gasteiger partial charge in [0.2, 0.25) is 11.8 Å². The smallest absolute Gasteiger partial charge is 0.307 e. The maximum atomic E-state index is 12.6. The Labute approximate surface area is 170 Å². The number of esters is 1. The molecule has 1 atom stereocenters. The van der Waals surface area contributed by atoms with Crippen molar-refractivity contribution in [3.05, 3.63) is 65.2 Å². The summed E-state index contributed by atoms with van der Waals surface area (Å²) < 4.78 is 4.77. The number of methoxy groups -OCH3 is 1. The lowest BCUT2D eigenvalue weighted by atomic mass is 10.0. The van der Waals surface area contributed by atoms with Gasteiger partial charge < -0.3 is 15.0 Å². The third kappa shape index (κ3) is 5.44. The minimum atomic E-state index is -0.447. The summed E-state index contributed by atoms with van der Waals surface area (Å²) in [6, 6.07) is 14.7. The molecule has 1 heterocycles. The Bertz CT molecular complexity index is 875. The molecule has 6 nitrogen and oxygen atoms in total. The highest BCUT2D eigenvalue weighted by Gasteiger charge is 2.22. The Morgan fingerprint density at radius 3 is 2.38 bits per heavy atom. The molecule has 0 aromatic heterocycles. The fraction of sp³-hybridized carbons (Fsp3) is 0.348. The lowest BCUT2D eigenvalue weighted by Crippen LogP contribution is -2.31. The van der Waals surface area contributed by atoms with Gasteiger partial charge in [0.15, 0.2) is 0 Å². The molecule has 0 aliphatic carbocycles. The summed E-state index contributed by atoms with van der Waals surface area (Å²) in [6.07, 6.45) is 1.73. The van der Waals surface area contributed by atoms with E-state index in [1.807, 2.05) is 55.5 Å². The molecular formula is C23H26N2O4. The predicted octanol–water partition coefficient (Wildman–Crippen LogP) is 3.08. The molecule has 1 aliphatic heterocycles. The van der Waals surface area contributed by atoms with E-state index in [2.05, 4.69) is 5.32 Å². The molecule has 1 N–H and O–H groups in total.